The van der Waals surface area contributed by atoms with Crippen molar-refractivity contribution in [2.75, 3.05) is 0 Å². The van der Waals surface area contributed by atoms with Crippen LogP contribution in [-0.2, 0) is 0 Å². The van der Waals surface area contributed by atoms with Gasteiger partial charge in [0, 0.05) is 5.39 Å². The summed E-state index contributed by atoms with van der Waals surface area (Å²) in [6, 6.07) is 7.09. The van der Waals surface area contributed by atoms with Crippen LogP contribution < -0.4 is 5.63 Å². The first-order valence-corrected chi connectivity index (χ1v) is 4.63. The summed E-state index contributed by atoms with van der Waals surface area (Å²) in [5.74, 6) is -0.272. The molecule has 0 aliphatic carbocycles. The standard InChI is InChI=1S/C12H10O3/c1-7-3-4-9-6-10(8(2)13)12(14)15-11(9)5-7/h3-6H,1-2H3. The minimum Gasteiger partial charge on any atom is -0.422 e. The molecule has 0 radical (unpaired) electrons. The van der Waals surface area contributed by atoms with E-state index in [-0.39, 0.29) is 11.3 Å². The Hall–Kier alpha value is -1.90. The highest BCUT2D eigenvalue weighted by Gasteiger charge is 2.08. The molecule has 3 nitrogen and oxygen atoms in total. The number of Topliss-reactive ketones (excluding diaryl/α,β-unsaturated/α-hetero) is 1. The Labute approximate surface area is 86.3 Å². The summed E-state index contributed by atoms with van der Waals surface area (Å²) in [6.45, 7) is 3.27. The molecule has 0 unspecified atom stereocenters. The zero-order valence-electron chi connectivity index (χ0n) is 8.53. The van der Waals surface area contributed by atoms with Gasteiger partial charge in [-0.2, -0.15) is 0 Å². The molecule has 0 fully saturated rings. The second kappa shape index (κ2) is 3.35. The Morgan fingerprint density at radius 3 is 2.67 bits per heavy atom. The van der Waals surface area contributed by atoms with Crippen LogP contribution in [0.25, 0.3) is 11.0 Å². The highest BCUT2D eigenvalue weighted by Crippen LogP contribution is 2.15. The first kappa shape index (κ1) is 9.65. The lowest BCUT2D eigenvalue weighted by Crippen LogP contribution is -2.10. The molecule has 0 N–H and O–H groups in total. The zero-order valence-corrected chi connectivity index (χ0v) is 8.53. The topological polar surface area (TPSA) is 47.3 Å². The van der Waals surface area contributed by atoms with Crippen LogP contribution in [0.1, 0.15) is 22.8 Å². The number of fused-ring (bicyclic) bond motifs is 1. The van der Waals surface area contributed by atoms with Gasteiger partial charge in [-0.25, -0.2) is 4.79 Å². The molecule has 2 rings (SSSR count). The minimum atomic E-state index is -0.569. The van der Waals surface area contributed by atoms with Crippen LogP contribution in [0.2, 0.25) is 0 Å². The van der Waals surface area contributed by atoms with Crippen LogP contribution >= 0.6 is 0 Å². The Morgan fingerprint density at radius 2 is 2.00 bits per heavy atom. The molecule has 76 valence electrons. The highest BCUT2D eigenvalue weighted by molar-refractivity contribution is 5.96. The van der Waals surface area contributed by atoms with E-state index in [1.807, 2.05) is 19.1 Å². The summed E-state index contributed by atoms with van der Waals surface area (Å²) in [5, 5.41) is 0.769. The number of carbonyl (C=O) groups is 1. The normalized spacial score (nSPS) is 10.5. The van der Waals surface area contributed by atoms with Crippen LogP contribution in [0.4, 0.5) is 0 Å². The molecular weight excluding hydrogens is 192 g/mol. The average Bonchev–Trinajstić information content (AvgIpc) is 2.15. The number of carbonyl (C=O) groups excluding carboxylic acids is 1. The number of hydrogen-bond donors (Lipinski definition) is 0. The molecule has 0 atom stereocenters. The molecule has 0 aliphatic rings. The third kappa shape index (κ3) is 1.68. The summed E-state index contributed by atoms with van der Waals surface area (Å²) in [5.41, 5.74) is 1.07. The van der Waals surface area contributed by atoms with Crippen molar-refractivity contribution in [2.45, 2.75) is 13.8 Å². The molecule has 15 heavy (non-hydrogen) atoms. The summed E-state index contributed by atoms with van der Waals surface area (Å²) >= 11 is 0. The van der Waals surface area contributed by atoms with Gasteiger partial charge in [0.05, 0.1) is 0 Å². The van der Waals surface area contributed by atoms with E-state index < -0.39 is 5.63 Å². The summed E-state index contributed by atoms with van der Waals surface area (Å²) in [4.78, 5) is 22.5. The lowest BCUT2D eigenvalue weighted by molar-refractivity contribution is 0.101. The largest absolute Gasteiger partial charge is 0.422 e. The fourth-order valence-corrected chi connectivity index (χ4v) is 1.46. The third-order valence-electron chi connectivity index (χ3n) is 2.27. The van der Waals surface area contributed by atoms with Gasteiger partial charge >= 0.3 is 5.63 Å². The molecule has 1 heterocycles. The van der Waals surface area contributed by atoms with E-state index in [0.717, 1.165) is 10.9 Å². The first-order valence-electron chi connectivity index (χ1n) is 4.63. The first-order chi connectivity index (χ1) is 7.08. The highest BCUT2D eigenvalue weighted by atomic mass is 16.4. The lowest BCUT2D eigenvalue weighted by atomic mass is 10.1. The molecule has 0 aliphatic heterocycles. The molecule has 2 aromatic rings. The Morgan fingerprint density at radius 1 is 1.27 bits per heavy atom. The van der Waals surface area contributed by atoms with Crippen LogP contribution in [0.3, 0.4) is 0 Å². The fourth-order valence-electron chi connectivity index (χ4n) is 1.46. The Balaban J connectivity index is 2.82. The maximum absolute atomic E-state index is 11.4. The predicted octanol–water partition coefficient (Wildman–Crippen LogP) is 2.30. The van der Waals surface area contributed by atoms with Crippen LogP contribution in [0.5, 0.6) is 0 Å². The Kier molecular flexibility index (Phi) is 2.15. The molecule has 1 aromatic heterocycles. The van der Waals surface area contributed by atoms with Gasteiger partial charge in [0.1, 0.15) is 11.1 Å². The molecule has 3 heteroatoms. The smallest absolute Gasteiger partial charge is 0.347 e. The average molecular weight is 202 g/mol. The molecule has 0 saturated carbocycles. The van der Waals surface area contributed by atoms with E-state index in [4.69, 9.17) is 4.42 Å². The number of benzene rings is 1. The molecular formula is C12H10O3. The van der Waals surface area contributed by atoms with E-state index in [9.17, 15) is 9.59 Å². The number of rotatable bonds is 1. The summed E-state index contributed by atoms with van der Waals surface area (Å²) < 4.78 is 5.06. The van der Waals surface area contributed by atoms with Crippen molar-refractivity contribution in [3.63, 3.8) is 0 Å². The van der Waals surface area contributed by atoms with Crippen molar-refractivity contribution in [1.29, 1.82) is 0 Å². The van der Waals surface area contributed by atoms with Gasteiger partial charge in [-0.1, -0.05) is 12.1 Å². The molecule has 1 aromatic carbocycles. The fraction of sp³-hybridized carbons (Fsp3) is 0.167. The van der Waals surface area contributed by atoms with Crippen molar-refractivity contribution in [3.8, 4) is 0 Å². The van der Waals surface area contributed by atoms with Gasteiger partial charge in [0.2, 0.25) is 0 Å². The zero-order chi connectivity index (χ0) is 11.0. The van der Waals surface area contributed by atoms with Gasteiger partial charge in [-0.05, 0) is 31.5 Å². The van der Waals surface area contributed by atoms with Crippen molar-refractivity contribution in [2.24, 2.45) is 0 Å². The molecule has 0 amide bonds. The van der Waals surface area contributed by atoms with Crippen LogP contribution in [-0.4, -0.2) is 5.78 Å². The van der Waals surface area contributed by atoms with Gasteiger partial charge < -0.3 is 4.42 Å². The van der Waals surface area contributed by atoms with Gasteiger partial charge in [-0.15, -0.1) is 0 Å². The van der Waals surface area contributed by atoms with E-state index in [0.29, 0.717) is 5.58 Å². The van der Waals surface area contributed by atoms with E-state index in [1.165, 1.54) is 6.92 Å². The van der Waals surface area contributed by atoms with Crippen LogP contribution in [0.15, 0.2) is 33.5 Å². The Bertz CT molecular complexity index is 593. The third-order valence-corrected chi connectivity index (χ3v) is 2.27. The second-order valence-electron chi connectivity index (χ2n) is 3.54. The molecule has 0 bridgehead atoms. The predicted molar refractivity (Wildman–Crippen MR) is 57.2 cm³/mol. The van der Waals surface area contributed by atoms with E-state index in [2.05, 4.69) is 0 Å². The van der Waals surface area contributed by atoms with Crippen molar-refractivity contribution < 1.29 is 9.21 Å². The van der Waals surface area contributed by atoms with E-state index >= 15 is 0 Å². The summed E-state index contributed by atoms with van der Waals surface area (Å²) in [7, 11) is 0. The SMILES string of the molecule is CC(=O)c1cc2ccc(C)cc2oc1=O. The van der Waals surface area contributed by atoms with E-state index in [1.54, 1.807) is 12.1 Å². The van der Waals surface area contributed by atoms with Crippen molar-refractivity contribution in [1.82, 2.24) is 0 Å². The number of aryl methyl sites for hydroxylation is 1. The minimum absolute atomic E-state index is 0.103. The molecule has 0 saturated heterocycles. The van der Waals surface area contributed by atoms with Crippen LogP contribution in [0, 0.1) is 6.92 Å². The second-order valence-corrected chi connectivity index (χ2v) is 3.54. The van der Waals surface area contributed by atoms with Gasteiger partial charge in [0.25, 0.3) is 0 Å². The monoisotopic (exact) mass is 202 g/mol. The lowest BCUT2D eigenvalue weighted by Gasteiger charge is -1.99. The van der Waals surface area contributed by atoms with Gasteiger partial charge in [0.15, 0.2) is 5.78 Å². The summed E-state index contributed by atoms with van der Waals surface area (Å²) in [6.07, 6.45) is 0. The quantitative estimate of drug-likeness (QED) is 0.526. The van der Waals surface area contributed by atoms with Crippen molar-refractivity contribution >= 4 is 16.8 Å². The molecule has 0 spiro atoms. The van der Waals surface area contributed by atoms with Gasteiger partial charge in [-0.3, -0.25) is 4.79 Å². The maximum Gasteiger partial charge on any atom is 0.347 e. The number of ketones is 1. The maximum atomic E-state index is 11.4. The number of hydrogen-bond acceptors (Lipinski definition) is 3. The van der Waals surface area contributed by atoms with Crippen molar-refractivity contribution in [3.05, 3.63) is 45.8 Å².